The van der Waals surface area contributed by atoms with Crippen LogP contribution in [0.3, 0.4) is 0 Å². The Bertz CT molecular complexity index is 951. The summed E-state index contributed by atoms with van der Waals surface area (Å²) in [6, 6.07) is 12.4. The number of benzene rings is 2. The van der Waals surface area contributed by atoms with Gasteiger partial charge in [0.15, 0.2) is 0 Å². The van der Waals surface area contributed by atoms with Gasteiger partial charge in [-0.05, 0) is 61.6 Å². The molecule has 1 aliphatic heterocycles. The average molecular weight is 439 g/mol. The first kappa shape index (κ1) is 21.7. The van der Waals surface area contributed by atoms with E-state index in [1.807, 2.05) is 24.3 Å². The van der Waals surface area contributed by atoms with Crippen LogP contribution in [0.4, 0.5) is 4.39 Å². The molecule has 0 spiro atoms. The first-order valence-electron chi connectivity index (χ1n) is 9.65. The van der Waals surface area contributed by atoms with Gasteiger partial charge in [-0.1, -0.05) is 29.8 Å². The van der Waals surface area contributed by atoms with Gasteiger partial charge in [0.25, 0.3) is 0 Å². The van der Waals surface area contributed by atoms with Gasteiger partial charge in [0.1, 0.15) is 5.82 Å². The number of carbonyl (C=O) groups is 1. The number of piperidine rings is 1. The molecule has 0 radical (unpaired) electrons. The monoisotopic (exact) mass is 438 g/mol. The van der Waals surface area contributed by atoms with Crippen LogP contribution < -0.4 is 5.32 Å². The van der Waals surface area contributed by atoms with Crippen molar-refractivity contribution < 1.29 is 17.6 Å². The van der Waals surface area contributed by atoms with Gasteiger partial charge in [-0.15, -0.1) is 0 Å². The van der Waals surface area contributed by atoms with Gasteiger partial charge >= 0.3 is 0 Å². The predicted molar refractivity (Wildman–Crippen MR) is 111 cm³/mol. The highest BCUT2D eigenvalue weighted by molar-refractivity contribution is 7.89. The summed E-state index contributed by atoms with van der Waals surface area (Å²) in [4.78, 5) is 12.6. The van der Waals surface area contributed by atoms with Gasteiger partial charge in [-0.2, -0.15) is 4.31 Å². The van der Waals surface area contributed by atoms with E-state index in [1.165, 1.54) is 16.4 Å². The number of nitrogens with zero attached hydrogens (tertiary/aromatic N) is 1. The van der Waals surface area contributed by atoms with Crippen LogP contribution in [0.25, 0.3) is 0 Å². The predicted octanol–water partition coefficient (Wildman–Crippen LogP) is 3.63. The van der Waals surface area contributed by atoms with Crippen LogP contribution >= 0.6 is 11.6 Å². The molecule has 29 heavy (non-hydrogen) atoms. The molecule has 0 unspecified atom stereocenters. The molecule has 1 fully saturated rings. The third-order valence-corrected chi connectivity index (χ3v) is 7.33. The summed E-state index contributed by atoms with van der Waals surface area (Å²) in [7, 11) is -3.74. The molecule has 1 N–H and O–H groups in total. The van der Waals surface area contributed by atoms with Crippen LogP contribution in [0.1, 0.15) is 24.8 Å². The van der Waals surface area contributed by atoms with E-state index < -0.39 is 15.8 Å². The highest BCUT2D eigenvalue weighted by Gasteiger charge is 2.33. The Kier molecular flexibility index (Phi) is 7.27. The number of amides is 1. The molecule has 1 atom stereocenters. The lowest BCUT2D eigenvalue weighted by molar-refractivity contribution is -0.126. The lowest BCUT2D eigenvalue weighted by atomic mass is 9.99. The fourth-order valence-electron chi connectivity index (χ4n) is 3.47. The molecule has 1 amide bonds. The Balaban J connectivity index is 1.52. The smallest absolute Gasteiger partial charge is 0.243 e. The lowest BCUT2D eigenvalue weighted by Gasteiger charge is -2.31. The molecule has 0 aliphatic carbocycles. The Hall–Kier alpha value is -1.96. The molecular formula is C21H24ClFN2O3S. The molecule has 3 rings (SSSR count). The number of nitrogens with one attached hydrogen (secondary N) is 1. The number of halogens is 2. The third kappa shape index (κ3) is 5.56. The van der Waals surface area contributed by atoms with E-state index in [1.54, 1.807) is 0 Å². The van der Waals surface area contributed by atoms with Crippen molar-refractivity contribution in [2.45, 2.75) is 30.6 Å². The second-order valence-electron chi connectivity index (χ2n) is 7.14. The molecule has 1 heterocycles. The maximum absolute atomic E-state index is 13.1. The van der Waals surface area contributed by atoms with Gasteiger partial charge in [0.2, 0.25) is 15.9 Å². The van der Waals surface area contributed by atoms with Gasteiger partial charge < -0.3 is 5.32 Å². The first-order chi connectivity index (χ1) is 13.9. The molecule has 8 heteroatoms. The molecule has 156 valence electrons. The lowest BCUT2D eigenvalue weighted by Crippen LogP contribution is -2.45. The summed E-state index contributed by atoms with van der Waals surface area (Å²) < 4.78 is 40.0. The molecule has 0 saturated carbocycles. The van der Waals surface area contributed by atoms with Crippen molar-refractivity contribution in [1.82, 2.24) is 9.62 Å². The largest absolute Gasteiger partial charge is 0.356 e. The van der Waals surface area contributed by atoms with E-state index in [-0.39, 0.29) is 23.3 Å². The van der Waals surface area contributed by atoms with Crippen molar-refractivity contribution in [1.29, 1.82) is 0 Å². The number of hydrogen-bond acceptors (Lipinski definition) is 3. The highest BCUT2D eigenvalue weighted by atomic mass is 35.5. The molecule has 5 nitrogen and oxygen atoms in total. The van der Waals surface area contributed by atoms with Gasteiger partial charge in [0, 0.05) is 24.7 Å². The number of rotatable bonds is 7. The fraction of sp³-hybridized carbons (Fsp3) is 0.381. The van der Waals surface area contributed by atoms with E-state index >= 15 is 0 Å². The van der Waals surface area contributed by atoms with E-state index in [9.17, 15) is 17.6 Å². The van der Waals surface area contributed by atoms with E-state index in [0.29, 0.717) is 31.0 Å². The SMILES string of the molecule is O=C(NCCCc1ccccc1Cl)[C@@H]1CCCN(S(=O)(=O)c2ccc(F)cc2)C1. The fourth-order valence-corrected chi connectivity index (χ4v) is 5.22. The summed E-state index contributed by atoms with van der Waals surface area (Å²) in [6.45, 7) is 0.997. The second kappa shape index (κ2) is 9.69. The van der Waals surface area contributed by atoms with Crippen molar-refractivity contribution in [2.24, 2.45) is 5.92 Å². The summed E-state index contributed by atoms with van der Waals surface area (Å²) >= 11 is 6.13. The van der Waals surface area contributed by atoms with Crippen molar-refractivity contribution in [3.05, 3.63) is 64.9 Å². The number of sulfonamides is 1. The maximum Gasteiger partial charge on any atom is 0.243 e. The third-order valence-electron chi connectivity index (χ3n) is 5.09. The number of aryl methyl sites for hydroxylation is 1. The molecule has 2 aromatic rings. The topological polar surface area (TPSA) is 66.5 Å². The van der Waals surface area contributed by atoms with Crippen molar-refractivity contribution in [3.8, 4) is 0 Å². The van der Waals surface area contributed by atoms with Crippen LogP contribution in [0.2, 0.25) is 5.02 Å². The van der Waals surface area contributed by atoms with Gasteiger partial charge in [-0.3, -0.25) is 4.79 Å². The quantitative estimate of drug-likeness (QED) is 0.671. The number of carbonyl (C=O) groups excluding carboxylic acids is 1. The van der Waals surface area contributed by atoms with Gasteiger partial charge in [0.05, 0.1) is 10.8 Å². The summed E-state index contributed by atoms with van der Waals surface area (Å²) in [5, 5.41) is 3.62. The van der Waals surface area contributed by atoms with Crippen LogP contribution in [-0.4, -0.2) is 38.3 Å². The van der Waals surface area contributed by atoms with Crippen molar-refractivity contribution >= 4 is 27.5 Å². The minimum Gasteiger partial charge on any atom is -0.356 e. The van der Waals surface area contributed by atoms with Gasteiger partial charge in [-0.25, -0.2) is 12.8 Å². The van der Waals surface area contributed by atoms with Crippen LogP contribution in [0.5, 0.6) is 0 Å². The van der Waals surface area contributed by atoms with Crippen LogP contribution in [0, 0.1) is 11.7 Å². The Morgan fingerprint density at radius 3 is 2.62 bits per heavy atom. The first-order valence-corrected chi connectivity index (χ1v) is 11.5. The van der Waals surface area contributed by atoms with Crippen molar-refractivity contribution in [2.75, 3.05) is 19.6 Å². The van der Waals surface area contributed by atoms with E-state index in [2.05, 4.69) is 5.32 Å². The minimum atomic E-state index is -3.74. The van der Waals surface area contributed by atoms with E-state index in [0.717, 1.165) is 30.5 Å². The Morgan fingerprint density at radius 1 is 1.17 bits per heavy atom. The summed E-state index contributed by atoms with van der Waals surface area (Å²) in [5.74, 6) is -1.01. The standard InChI is InChI=1S/C21H24ClFN2O3S/c22-20-8-2-1-5-16(20)6-3-13-24-21(26)17-7-4-14-25(15-17)29(27,28)19-11-9-18(23)10-12-19/h1-2,5,8-12,17H,3-4,6-7,13-15H2,(H,24,26)/t17-/m1/s1. The Labute approximate surface area is 175 Å². The zero-order valence-electron chi connectivity index (χ0n) is 16.0. The van der Waals surface area contributed by atoms with Crippen LogP contribution in [-0.2, 0) is 21.2 Å². The minimum absolute atomic E-state index is 0.0414. The Morgan fingerprint density at radius 2 is 1.90 bits per heavy atom. The maximum atomic E-state index is 13.1. The molecule has 1 saturated heterocycles. The molecular weight excluding hydrogens is 415 g/mol. The summed E-state index contributed by atoms with van der Waals surface area (Å²) in [6.07, 6.45) is 2.76. The summed E-state index contributed by atoms with van der Waals surface area (Å²) in [5.41, 5.74) is 1.04. The van der Waals surface area contributed by atoms with Crippen LogP contribution in [0.15, 0.2) is 53.4 Å². The molecule has 2 aromatic carbocycles. The second-order valence-corrected chi connectivity index (χ2v) is 9.49. The molecule has 1 aliphatic rings. The number of hydrogen-bond donors (Lipinski definition) is 1. The zero-order chi connectivity index (χ0) is 20.9. The highest BCUT2D eigenvalue weighted by Crippen LogP contribution is 2.24. The van der Waals surface area contributed by atoms with Crippen molar-refractivity contribution in [3.63, 3.8) is 0 Å². The molecule has 0 aromatic heterocycles. The molecule has 0 bridgehead atoms. The average Bonchev–Trinajstić information content (AvgIpc) is 2.72. The van der Waals surface area contributed by atoms with E-state index in [4.69, 9.17) is 11.6 Å². The normalized spacial score (nSPS) is 17.8. The zero-order valence-corrected chi connectivity index (χ0v) is 17.6.